The Bertz CT molecular complexity index is 587. The molecule has 1 aliphatic heterocycles. The topological polar surface area (TPSA) is 79.5 Å². The van der Waals surface area contributed by atoms with E-state index in [0.29, 0.717) is 11.6 Å². The first-order valence-electron chi connectivity index (χ1n) is 6.04. The summed E-state index contributed by atoms with van der Waals surface area (Å²) in [5.41, 5.74) is 0.952. The van der Waals surface area contributed by atoms with Crippen LogP contribution in [0.15, 0.2) is 18.3 Å². The lowest BCUT2D eigenvalue weighted by atomic mass is 9.99. The SMILES string of the molecule is O=C(O)c1ccc2nnc(C3CCCNC3)n2c1. The first kappa shape index (κ1) is 11.2. The largest absolute Gasteiger partial charge is 0.478 e. The summed E-state index contributed by atoms with van der Waals surface area (Å²) in [4.78, 5) is 11.0. The van der Waals surface area contributed by atoms with Gasteiger partial charge in [0, 0.05) is 18.7 Å². The van der Waals surface area contributed by atoms with Gasteiger partial charge in [0.25, 0.3) is 0 Å². The van der Waals surface area contributed by atoms with E-state index in [0.717, 1.165) is 31.8 Å². The van der Waals surface area contributed by atoms with Gasteiger partial charge in [-0.25, -0.2) is 4.79 Å². The molecular formula is C12H14N4O2. The number of nitrogens with one attached hydrogen (secondary N) is 1. The van der Waals surface area contributed by atoms with E-state index < -0.39 is 5.97 Å². The average Bonchev–Trinajstić information content (AvgIpc) is 2.82. The van der Waals surface area contributed by atoms with E-state index in [1.54, 1.807) is 22.7 Å². The molecule has 6 heteroatoms. The van der Waals surface area contributed by atoms with Gasteiger partial charge in [-0.3, -0.25) is 4.40 Å². The molecule has 3 heterocycles. The molecule has 0 amide bonds. The van der Waals surface area contributed by atoms with Crippen molar-refractivity contribution >= 4 is 11.6 Å². The fourth-order valence-electron chi connectivity index (χ4n) is 2.39. The van der Waals surface area contributed by atoms with E-state index in [4.69, 9.17) is 5.11 Å². The van der Waals surface area contributed by atoms with Crippen molar-refractivity contribution in [1.82, 2.24) is 19.9 Å². The summed E-state index contributed by atoms with van der Waals surface area (Å²) in [6, 6.07) is 3.24. The summed E-state index contributed by atoms with van der Waals surface area (Å²) in [7, 11) is 0. The predicted octanol–water partition coefficient (Wildman–Crippen LogP) is 0.894. The molecule has 6 nitrogen and oxygen atoms in total. The van der Waals surface area contributed by atoms with Gasteiger partial charge in [-0.15, -0.1) is 10.2 Å². The Balaban J connectivity index is 2.05. The highest BCUT2D eigenvalue weighted by Gasteiger charge is 2.21. The van der Waals surface area contributed by atoms with Gasteiger partial charge in [-0.1, -0.05) is 0 Å². The lowest BCUT2D eigenvalue weighted by molar-refractivity contribution is 0.0696. The monoisotopic (exact) mass is 246 g/mol. The summed E-state index contributed by atoms with van der Waals surface area (Å²) < 4.78 is 1.79. The molecule has 0 aromatic carbocycles. The second-order valence-corrected chi connectivity index (χ2v) is 4.55. The van der Waals surface area contributed by atoms with Crippen LogP contribution in [0.4, 0.5) is 0 Å². The summed E-state index contributed by atoms with van der Waals surface area (Å²) in [5.74, 6) is 0.219. The van der Waals surface area contributed by atoms with Crippen LogP contribution in [0.1, 0.15) is 34.9 Å². The van der Waals surface area contributed by atoms with Crippen molar-refractivity contribution < 1.29 is 9.90 Å². The van der Waals surface area contributed by atoms with Crippen LogP contribution in [0.3, 0.4) is 0 Å². The smallest absolute Gasteiger partial charge is 0.337 e. The standard InChI is InChI=1S/C12H14N4O2/c17-12(18)9-3-4-10-14-15-11(16(10)7-9)8-2-1-5-13-6-8/h3-4,7-8,13H,1-2,5-6H2,(H,17,18). The molecule has 94 valence electrons. The second-order valence-electron chi connectivity index (χ2n) is 4.55. The molecule has 1 saturated heterocycles. The van der Waals surface area contributed by atoms with Crippen LogP contribution < -0.4 is 5.32 Å². The Morgan fingerprint density at radius 3 is 3.06 bits per heavy atom. The number of fused-ring (bicyclic) bond motifs is 1. The second kappa shape index (κ2) is 4.38. The number of aromatic carboxylic acids is 1. The van der Waals surface area contributed by atoms with Crippen molar-refractivity contribution in [1.29, 1.82) is 0 Å². The van der Waals surface area contributed by atoms with Gasteiger partial charge >= 0.3 is 5.97 Å². The van der Waals surface area contributed by atoms with Crippen LogP contribution in [0.2, 0.25) is 0 Å². The normalized spacial score (nSPS) is 20.1. The molecule has 2 N–H and O–H groups in total. The molecule has 2 aromatic rings. The molecule has 2 aromatic heterocycles. The van der Waals surface area contributed by atoms with Gasteiger partial charge in [0.05, 0.1) is 5.56 Å². The molecule has 18 heavy (non-hydrogen) atoms. The average molecular weight is 246 g/mol. The Hall–Kier alpha value is -1.95. The van der Waals surface area contributed by atoms with Gasteiger partial charge in [-0.2, -0.15) is 0 Å². The number of carboxylic acids is 1. The summed E-state index contributed by atoms with van der Waals surface area (Å²) >= 11 is 0. The number of hydrogen-bond donors (Lipinski definition) is 2. The molecular weight excluding hydrogens is 232 g/mol. The third kappa shape index (κ3) is 1.84. The van der Waals surface area contributed by atoms with Gasteiger partial charge < -0.3 is 10.4 Å². The zero-order valence-electron chi connectivity index (χ0n) is 9.83. The summed E-state index contributed by atoms with van der Waals surface area (Å²) in [6.45, 7) is 1.91. The van der Waals surface area contributed by atoms with E-state index in [1.165, 1.54) is 0 Å². The lowest BCUT2D eigenvalue weighted by Gasteiger charge is -2.21. The maximum Gasteiger partial charge on any atom is 0.337 e. The number of carbonyl (C=O) groups is 1. The number of aromatic nitrogens is 3. The van der Waals surface area contributed by atoms with Gasteiger partial charge in [0.15, 0.2) is 5.65 Å². The van der Waals surface area contributed by atoms with Crippen molar-refractivity contribution in [3.05, 3.63) is 29.7 Å². The van der Waals surface area contributed by atoms with Crippen LogP contribution in [-0.4, -0.2) is 38.8 Å². The van der Waals surface area contributed by atoms with E-state index in [9.17, 15) is 4.79 Å². The maximum atomic E-state index is 11.0. The third-order valence-corrected chi connectivity index (χ3v) is 3.34. The minimum absolute atomic E-state index is 0.257. The Labute approximate surface area is 104 Å². The number of piperidine rings is 1. The Kier molecular flexibility index (Phi) is 2.71. The fraction of sp³-hybridized carbons (Fsp3) is 0.417. The Morgan fingerprint density at radius 2 is 2.33 bits per heavy atom. The first-order valence-corrected chi connectivity index (χ1v) is 6.04. The maximum absolute atomic E-state index is 11.0. The fourth-order valence-corrected chi connectivity index (χ4v) is 2.39. The molecule has 3 rings (SSSR count). The Morgan fingerprint density at radius 1 is 1.44 bits per heavy atom. The molecule has 0 spiro atoms. The minimum Gasteiger partial charge on any atom is -0.478 e. The predicted molar refractivity (Wildman–Crippen MR) is 64.8 cm³/mol. The highest BCUT2D eigenvalue weighted by molar-refractivity contribution is 5.87. The van der Waals surface area contributed by atoms with Crippen LogP contribution in [0, 0.1) is 0 Å². The molecule has 1 aliphatic rings. The van der Waals surface area contributed by atoms with E-state index in [-0.39, 0.29) is 5.56 Å². The van der Waals surface area contributed by atoms with E-state index >= 15 is 0 Å². The molecule has 0 saturated carbocycles. The quantitative estimate of drug-likeness (QED) is 0.822. The molecule has 0 bridgehead atoms. The van der Waals surface area contributed by atoms with Gasteiger partial charge in [-0.05, 0) is 31.5 Å². The van der Waals surface area contributed by atoms with Crippen LogP contribution in [-0.2, 0) is 0 Å². The zero-order valence-corrected chi connectivity index (χ0v) is 9.83. The number of nitrogens with zero attached hydrogens (tertiary/aromatic N) is 3. The third-order valence-electron chi connectivity index (χ3n) is 3.34. The van der Waals surface area contributed by atoms with Crippen molar-refractivity contribution in [2.45, 2.75) is 18.8 Å². The molecule has 1 atom stereocenters. The van der Waals surface area contributed by atoms with Crippen molar-refractivity contribution in [3.8, 4) is 0 Å². The number of rotatable bonds is 2. The van der Waals surface area contributed by atoms with Crippen LogP contribution in [0.25, 0.3) is 5.65 Å². The van der Waals surface area contributed by atoms with E-state index in [1.807, 2.05) is 0 Å². The number of hydrogen-bond acceptors (Lipinski definition) is 4. The molecule has 0 radical (unpaired) electrons. The van der Waals surface area contributed by atoms with Crippen LogP contribution >= 0.6 is 0 Å². The number of pyridine rings is 1. The van der Waals surface area contributed by atoms with E-state index in [2.05, 4.69) is 15.5 Å². The summed E-state index contributed by atoms with van der Waals surface area (Å²) in [5, 5.41) is 20.6. The van der Waals surface area contributed by atoms with Crippen molar-refractivity contribution in [2.75, 3.05) is 13.1 Å². The molecule has 1 unspecified atom stereocenters. The highest BCUT2D eigenvalue weighted by Crippen LogP contribution is 2.22. The lowest BCUT2D eigenvalue weighted by Crippen LogP contribution is -2.29. The number of carboxylic acid groups (broad SMARTS) is 1. The van der Waals surface area contributed by atoms with Crippen LogP contribution in [0.5, 0.6) is 0 Å². The highest BCUT2D eigenvalue weighted by atomic mass is 16.4. The van der Waals surface area contributed by atoms with Gasteiger partial charge in [0.1, 0.15) is 5.82 Å². The molecule has 0 aliphatic carbocycles. The van der Waals surface area contributed by atoms with Crippen molar-refractivity contribution in [3.63, 3.8) is 0 Å². The summed E-state index contributed by atoms with van der Waals surface area (Å²) in [6.07, 6.45) is 3.77. The van der Waals surface area contributed by atoms with Gasteiger partial charge in [0.2, 0.25) is 0 Å². The minimum atomic E-state index is -0.932. The zero-order chi connectivity index (χ0) is 12.5. The van der Waals surface area contributed by atoms with Crippen molar-refractivity contribution in [2.24, 2.45) is 0 Å². The first-order chi connectivity index (χ1) is 8.75. The molecule has 1 fully saturated rings.